The van der Waals surface area contributed by atoms with E-state index in [1.165, 1.54) is 48.9 Å². The summed E-state index contributed by atoms with van der Waals surface area (Å²) < 4.78 is 0. The minimum atomic E-state index is 0. The highest BCUT2D eigenvalue weighted by Gasteiger charge is 2.17. The van der Waals surface area contributed by atoms with Crippen molar-refractivity contribution in [2.45, 2.75) is 37.9 Å². The molecule has 1 N–H and O–H groups in total. The van der Waals surface area contributed by atoms with Crippen molar-refractivity contribution in [1.29, 1.82) is 0 Å². The first kappa shape index (κ1) is 17.8. The van der Waals surface area contributed by atoms with Crippen molar-refractivity contribution in [3.05, 3.63) is 45.2 Å². The Morgan fingerprint density at radius 3 is 2.79 bits per heavy atom. The number of hydrogen-bond donors (Lipinski definition) is 1. The molecular weight excluding hydrogens is 340 g/mol. The third kappa shape index (κ3) is 3.66. The van der Waals surface area contributed by atoms with E-state index in [1.807, 2.05) is 11.8 Å². The fourth-order valence-corrected chi connectivity index (χ4v) is 4.86. The van der Waals surface area contributed by atoms with Crippen LogP contribution in [0, 0.1) is 0 Å². The Hall–Kier alpha value is -0.970. The smallest absolute Gasteiger partial charge is 0.252 e. The number of fused-ring (bicyclic) bond motifs is 3. The summed E-state index contributed by atoms with van der Waals surface area (Å²) in [6.45, 7) is 3.67. The highest BCUT2D eigenvalue weighted by molar-refractivity contribution is 7.98. The monoisotopic (exact) mass is 364 g/mol. The highest BCUT2D eigenvalue weighted by atomic mass is 35.5. The largest absolute Gasteiger partial charge is 0.322 e. The first-order chi connectivity index (χ1) is 11.3. The van der Waals surface area contributed by atoms with Crippen LogP contribution in [0.5, 0.6) is 0 Å². The van der Waals surface area contributed by atoms with Gasteiger partial charge in [0, 0.05) is 28.8 Å². The second-order valence-corrected chi connectivity index (χ2v) is 7.85. The standard InChI is InChI=1S/C19H24N2OS.ClH/c22-19-17-13-23-11-7-15(17)16-12-14(4-5-18(16)20-19)6-10-21-8-2-1-3-9-21;/h4-5,12H,1-3,6-11,13H2,(H,20,22);1H. The van der Waals surface area contributed by atoms with Crippen molar-refractivity contribution in [1.82, 2.24) is 9.88 Å². The summed E-state index contributed by atoms with van der Waals surface area (Å²) in [5, 5.41) is 1.27. The van der Waals surface area contributed by atoms with Gasteiger partial charge in [-0.15, -0.1) is 12.4 Å². The molecule has 0 aliphatic carbocycles. The summed E-state index contributed by atoms with van der Waals surface area (Å²) in [5.41, 5.74) is 4.81. The molecule has 0 saturated carbocycles. The number of aryl methyl sites for hydroxylation is 1. The van der Waals surface area contributed by atoms with E-state index in [4.69, 9.17) is 0 Å². The van der Waals surface area contributed by atoms with Crippen LogP contribution in [0.4, 0.5) is 0 Å². The highest BCUT2D eigenvalue weighted by Crippen LogP contribution is 2.28. The van der Waals surface area contributed by atoms with Crippen molar-refractivity contribution in [3.63, 3.8) is 0 Å². The van der Waals surface area contributed by atoms with Gasteiger partial charge in [-0.1, -0.05) is 12.5 Å². The molecule has 130 valence electrons. The number of hydrogen-bond acceptors (Lipinski definition) is 3. The number of likely N-dealkylation sites (tertiary alicyclic amines) is 1. The second kappa shape index (κ2) is 7.94. The number of thioether (sulfide) groups is 1. The number of rotatable bonds is 3. The van der Waals surface area contributed by atoms with Gasteiger partial charge in [-0.25, -0.2) is 0 Å². The SMILES string of the molecule is Cl.O=c1[nH]c2ccc(CCN3CCCCC3)cc2c2c1CSCC2. The topological polar surface area (TPSA) is 36.1 Å². The summed E-state index contributed by atoms with van der Waals surface area (Å²) >= 11 is 1.87. The number of piperidine rings is 1. The van der Waals surface area contributed by atoms with Gasteiger partial charge in [0.25, 0.3) is 5.56 Å². The lowest BCUT2D eigenvalue weighted by molar-refractivity contribution is 0.231. The van der Waals surface area contributed by atoms with Crippen LogP contribution in [0.3, 0.4) is 0 Å². The molecule has 2 aromatic rings. The van der Waals surface area contributed by atoms with Gasteiger partial charge in [-0.3, -0.25) is 4.79 Å². The Bertz CT molecular complexity index is 768. The van der Waals surface area contributed by atoms with Crippen LogP contribution >= 0.6 is 24.2 Å². The first-order valence-electron chi connectivity index (χ1n) is 8.78. The lowest BCUT2D eigenvalue weighted by Gasteiger charge is -2.26. The Kier molecular flexibility index (Phi) is 5.90. The zero-order chi connectivity index (χ0) is 15.6. The maximum atomic E-state index is 12.2. The average Bonchev–Trinajstić information content (AvgIpc) is 2.61. The Labute approximate surface area is 153 Å². The van der Waals surface area contributed by atoms with Gasteiger partial charge in [0.15, 0.2) is 0 Å². The van der Waals surface area contributed by atoms with Gasteiger partial charge in [0.05, 0.1) is 0 Å². The summed E-state index contributed by atoms with van der Waals surface area (Å²) in [6, 6.07) is 6.61. The fraction of sp³-hybridized carbons (Fsp3) is 0.526. The van der Waals surface area contributed by atoms with Crippen LogP contribution in [0.25, 0.3) is 10.9 Å². The van der Waals surface area contributed by atoms with Crippen LogP contribution in [0.2, 0.25) is 0 Å². The number of aromatic amines is 1. The van der Waals surface area contributed by atoms with E-state index < -0.39 is 0 Å². The zero-order valence-corrected chi connectivity index (χ0v) is 15.6. The predicted octanol–water partition coefficient (Wildman–Crippen LogP) is 3.77. The second-order valence-electron chi connectivity index (χ2n) is 6.75. The Balaban J connectivity index is 0.00000169. The zero-order valence-electron chi connectivity index (χ0n) is 14.0. The Morgan fingerprint density at radius 2 is 1.96 bits per heavy atom. The molecule has 4 rings (SSSR count). The van der Waals surface area contributed by atoms with Gasteiger partial charge < -0.3 is 9.88 Å². The summed E-state index contributed by atoms with van der Waals surface area (Å²) in [4.78, 5) is 17.9. The van der Waals surface area contributed by atoms with E-state index >= 15 is 0 Å². The number of halogens is 1. The van der Waals surface area contributed by atoms with E-state index in [0.717, 1.165) is 42.0 Å². The number of aromatic nitrogens is 1. The molecule has 0 atom stereocenters. The van der Waals surface area contributed by atoms with Gasteiger partial charge in [-0.2, -0.15) is 11.8 Å². The van der Waals surface area contributed by atoms with E-state index in [1.54, 1.807) is 0 Å². The lowest BCUT2D eigenvalue weighted by Crippen LogP contribution is -2.31. The van der Waals surface area contributed by atoms with E-state index in [2.05, 4.69) is 28.1 Å². The summed E-state index contributed by atoms with van der Waals surface area (Å²) in [6.07, 6.45) is 6.23. The van der Waals surface area contributed by atoms with Crippen LogP contribution < -0.4 is 5.56 Å². The molecule has 0 spiro atoms. The minimum Gasteiger partial charge on any atom is -0.322 e. The lowest BCUT2D eigenvalue weighted by atomic mass is 9.98. The van der Waals surface area contributed by atoms with Gasteiger partial charge in [0.1, 0.15) is 0 Å². The fourth-order valence-electron chi connectivity index (χ4n) is 3.86. The number of nitrogens with zero attached hydrogens (tertiary/aromatic N) is 1. The molecule has 5 heteroatoms. The molecule has 24 heavy (non-hydrogen) atoms. The molecular formula is C19H25ClN2OS. The molecule has 1 aromatic heterocycles. The number of benzene rings is 1. The maximum Gasteiger partial charge on any atom is 0.252 e. The molecule has 0 bridgehead atoms. The van der Waals surface area contributed by atoms with Gasteiger partial charge >= 0.3 is 0 Å². The molecule has 1 aromatic carbocycles. The quantitative estimate of drug-likeness (QED) is 0.900. The van der Waals surface area contributed by atoms with Crippen molar-refractivity contribution in [3.8, 4) is 0 Å². The summed E-state index contributed by atoms with van der Waals surface area (Å²) in [5.74, 6) is 1.99. The summed E-state index contributed by atoms with van der Waals surface area (Å²) in [7, 11) is 0. The molecule has 3 nitrogen and oxygen atoms in total. The molecule has 0 amide bonds. The maximum absolute atomic E-state index is 12.2. The van der Waals surface area contributed by atoms with Crippen LogP contribution in [-0.2, 0) is 18.6 Å². The minimum absolute atomic E-state index is 0. The van der Waals surface area contributed by atoms with Crippen LogP contribution in [-0.4, -0.2) is 35.3 Å². The Morgan fingerprint density at radius 1 is 1.12 bits per heavy atom. The number of nitrogens with one attached hydrogen (secondary N) is 1. The van der Waals surface area contributed by atoms with Crippen LogP contribution in [0.1, 0.15) is 36.0 Å². The van der Waals surface area contributed by atoms with Crippen molar-refractivity contribution in [2.75, 3.05) is 25.4 Å². The third-order valence-corrected chi connectivity index (χ3v) is 6.19. The van der Waals surface area contributed by atoms with Crippen LogP contribution in [0.15, 0.2) is 23.0 Å². The molecule has 1 saturated heterocycles. The van der Waals surface area contributed by atoms with Crippen molar-refractivity contribution in [2.24, 2.45) is 0 Å². The molecule has 2 aliphatic rings. The predicted molar refractivity (Wildman–Crippen MR) is 106 cm³/mol. The van der Waals surface area contributed by atoms with E-state index in [0.29, 0.717) is 0 Å². The van der Waals surface area contributed by atoms with Crippen molar-refractivity contribution < 1.29 is 0 Å². The van der Waals surface area contributed by atoms with E-state index in [-0.39, 0.29) is 18.0 Å². The molecule has 0 unspecified atom stereocenters. The normalized spacial score (nSPS) is 18.2. The van der Waals surface area contributed by atoms with E-state index in [9.17, 15) is 4.79 Å². The van der Waals surface area contributed by atoms with Gasteiger partial charge in [0.2, 0.25) is 0 Å². The van der Waals surface area contributed by atoms with Crippen molar-refractivity contribution >= 4 is 35.1 Å². The molecule has 3 heterocycles. The number of H-pyrrole nitrogens is 1. The first-order valence-corrected chi connectivity index (χ1v) is 9.93. The molecule has 0 radical (unpaired) electrons. The molecule has 2 aliphatic heterocycles. The van der Waals surface area contributed by atoms with Gasteiger partial charge in [-0.05, 0) is 67.8 Å². The number of pyridine rings is 1. The molecule has 1 fully saturated rings. The average molecular weight is 365 g/mol. The third-order valence-electron chi connectivity index (χ3n) is 5.20.